The SMILES string of the molecule is COc1ccc(CN(C(=O)c2ccc(-c3cc(C)nc(N)n3)cc2)C2CC2)cc1. The van der Waals surface area contributed by atoms with E-state index in [4.69, 9.17) is 10.5 Å². The monoisotopic (exact) mass is 388 g/mol. The number of ether oxygens (including phenoxy) is 1. The Labute approximate surface area is 170 Å². The van der Waals surface area contributed by atoms with Crippen LogP contribution in [0.3, 0.4) is 0 Å². The maximum atomic E-state index is 13.2. The van der Waals surface area contributed by atoms with Crippen LogP contribution in [0.5, 0.6) is 5.75 Å². The summed E-state index contributed by atoms with van der Waals surface area (Å²) in [6.45, 7) is 2.48. The van der Waals surface area contributed by atoms with Gasteiger partial charge in [-0.3, -0.25) is 4.79 Å². The molecule has 1 aromatic heterocycles. The topological polar surface area (TPSA) is 81.3 Å². The van der Waals surface area contributed by atoms with Gasteiger partial charge in [0.05, 0.1) is 12.8 Å². The van der Waals surface area contributed by atoms with Crippen molar-refractivity contribution in [3.63, 3.8) is 0 Å². The number of amides is 1. The van der Waals surface area contributed by atoms with E-state index >= 15 is 0 Å². The summed E-state index contributed by atoms with van der Waals surface area (Å²) >= 11 is 0. The van der Waals surface area contributed by atoms with E-state index in [-0.39, 0.29) is 11.9 Å². The van der Waals surface area contributed by atoms with Crippen LogP contribution in [0.1, 0.15) is 34.5 Å². The number of nitrogens with two attached hydrogens (primary N) is 1. The number of hydrogen-bond acceptors (Lipinski definition) is 5. The highest BCUT2D eigenvalue weighted by Gasteiger charge is 2.33. The number of nitrogen functional groups attached to an aromatic ring is 1. The second-order valence-electron chi connectivity index (χ2n) is 7.34. The second kappa shape index (κ2) is 7.91. The van der Waals surface area contributed by atoms with Crippen LogP contribution in [-0.4, -0.2) is 33.9 Å². The van der Waals surface area contributed by atoms with Gasteiger partial charge in [-0.2, -0.15) is 0 Å². The van der Waals surface area contributed by atoms with E-state index in [9.17, 15) is 4.79 Å². The summed E-state index contributed by atoms with van der Waals surface area (Å²) in [4.78, 5) is 23.5. The average Bonchev–Trinajstić information content (AvgIpc) is 3.56. The Morgan fingerprint density at radius 2 is 1.79 bits per heavy atom. The zero-order valence-corrected chi connectivity index (χ0v) is 16.6. The lowest BCUT2D eigenvalue weighted by Crippen LogP contribution is -2.32. The molecule has 2 N–H and O–H groups in total. The summed E-state index contributed by atoms with van der Waals surface area (Å²) < 4.78 is 5.22. The van der Waals surface area contributed by atoms with Crippen molar-refractivity contribution >= 4 is 11.9 Å². The first-order chi connectivity index (χ1) is 14.0. The number of rotatable bonds is 6. The molecule has 1 saturated carbocycles. The molecule has 6 nitrogen and oxygen atoms in total. The highest BCUT2D eigenvalue weighted by Crippen LogP contribution is 2.30. The Morgan fingerprint density at radius 3 is 2.38 bits per heavy atom. The zero-order chi connectivity index (χ0) is 20.4. The van der Waals surface area contributed by atoms with Crippen molar-refractivity contribution in [2.24, 2.45) is 0 Å². The zero-order valence-electron chi connectivity index (χ0n) is 16.6. The van der Waals surface area contributed by atoms with Crippen molar-refractivity contribution < 1.29 is 9.53 Å². The molecule has 2 aromatic carbocycles. The Morgan fingerprint density at radius 1 is 1.10 bits per heavy atom. The van der Waals surface area contributed by atoms with Gasteiger partial charge in [-0.15, -0.1) is 0 Å². The summed E-state index contributed by atoms with van der Waals surface area (Å²) in [5.41, 5.74) is 10.00. The standard InChI is InChI=1S/C23H24N4O2/c1-15-13-21(26-23(24)25-15)17-5-7-18(8-6-17)22(28)27(19-9-10-19)14-16-3-11-20(29-2)12-4-16/h3-8,11-13,19H,9-10,14H2,1-2H3,(H2,24,25,26). The van der Waals surface area contributed by atoms with Crippen molar-refractivity contribution in [3.05, 3.63) is 71.4 Å². The number of methoxy groups -OCH3 is 1. The largest absolute Gasteiger partial charge is 0.497 e. The normalized spacial score (nSPS) is 13.2. The summed E-state index contributed by atoms with van der Waals surface area (Å²) in [5, 5.41) is 0. The molecular weight excluding hydrogens is 364 g/mol. The van der Waals surface area contributed by atoms with Gasteiger partial charge < -0.3 is 15.4 Å². The number of nitrogens with zero attached hydrogens (tertiary/aromatic N) is 3. The highest BCUT2D eigenvalue weighted by atomic mass is 16.5. The third kappa shape index (κ3) is 4.37. The van der Waals surface area contributed by atoms with E-state index in [1.165, 1.54) is 0 Å². The molecule has 29 heavy (non-hydrogen) atoms. The molecule has 1 aliphatic carbocycles. The summed E-state index contributed by atoms with van der Waals surface area (Å²) in [6, 6.07) is 17.6. The van der Waals surface area contributed by atoms with Gasteiger partial charge in [0.15, 0.2) is 0 Å². The van der Waals surface area contributed by atoms with Crippen molar-refractivity contribution in [2.45, 2.75) is 32.4 Å². The van der Waals surface area contributed by atoms with Gasteiger partial charge in [-0.1, -0.05) is 24.3 Å². The molecule has 0 unspecified atom stereocenters. The molecule has 0 radical (unpaired) electrons. The van der Waals surface area contributed by atoms with E-state index in [2.05, 4.69) is 9.97 Å². The van der Waals surface area contributed by atoms with Crippen LogP contribution >= 0.6 is 0 Å². The lowest BCUT2D eigenvalue weighted by Gasteiger charge is -2.23. The van der Waals surface area contributed by atoms with E-state index < -0.39 is 0 Å². The van der Waals surface area contributed by atoms with Gasteiger partial charge in [0.1, 0.15) is 5.75 Å². The predicted octanol–water partition coefficient (Wildman–Crippen LogP) is 3.85. The van der Waals surface area contributed by atoms with Gasteiger partial charge in [0.2, 0.25) is 5.95 Å². The molecular formula is C23H24N4O2. The summed E-state index contributed by atoms with van der Waals surface area (Å²) in [6.07, 6.45) is 2.11. The fraction of sp³-hybridized carbons (Fsp3) is 0.261. The first-order valence-corrected chi connectivity index (χ1v) is 9.69. The maximum absolute atomic E-state index is 13.2. The van der Waals surface area contributed by atoms with E-state index in [1.54, 1.807) is 7.11 Å². The summed E-state index contributed by atoms with van der Waals surface area (Å²) in [7, 11) is 1.65. The van der Waals surface area contributed by atoms with Crippen LogP contribution in [0.15, 0.2) is 54.6 Å². The van der Waals surface area contributed by atoms with Gasteiger partial charge in [-0.05, 0) is 55.7 Å². The van der Waals surface area contributed by atoms with Crippen molar-refractivity contribution in [2.75, 3.05) is 12.8 Å². The van der Waals surface area contributed by atoms with E-state index in [1.807, 2.05) is 66.4 Å². The van der Waals surface area contributed by atoms with Gasteiger partial charge in [-0.25, -0.2) is 9.97 Å². The molecule has 0 atom stereocenters. The average molecular weight is 388 g/mol. The summed E-state index contributed by atoms with van der Waals surface area (Å²) in [5.74, 6) is 1.11. The van der Waals surface area contributed by atoms with Crippen LogP contribution in [0.4, 0.5) is 5.95 Å². The fourth-order valence-corrected chi connectivity index (χ4v) is 3.37. The number of hydrogen-bond donors (Lipinski definition) is 1. The minimum absolute atomic E-state index is 0.0493. The number of carbonyl (C=O) groups is 1. The quantitative estimate of drug-likeness (QED) is 0.694. The minimum atomic E-state index is 0.0493. The molecule has 6 heteroatoms. The van der Waals surface area contributed by atoms with Crippen molar-refractivity contribution in [1.29, 1.82) is 0 Å². The lowest BCUT2D eigenvalue weighted by atomic mass is 10.1. The molecule has 1 heterocycles. The molecule has 1 aliphatic rings. The fourth-order valence-electron chi connectivity index (χ4n) is 3.37. The van der Waals surface area contributed by atoms with E-state index in [0.717, 1.165) is 41.1 Å². The first-order valence-electron chi connectivity index (χ1n) is 9.69. The molecule has 1 fully saturated rings. The maximum Gasteiger partial charge on any atom is 0.254 e. The highest BCUT2D eigenvalue weighted by molar-refractivity contribution is 5.95. The molecule has 148 valence electrons. The van der Waals surface area contributed by atoms with E-state index in [0.29, 0.717) is 18.2 Å². The third-order valence-electron chi connectivity index (χ3n) is 5.06. The smallest absolute Gasteiger partial charge is 0.254 e. The predicted molar refractivity (Wildman–Crippen MR) is 113 cm³/mol. The molecule has 3 aromatic rings. The van der Waals surface area contributed by atoms with Gasteiger partial charge in [0, 0.05) is 29.4 Å². The second-order valence-corrected chi connectivity index (χ2v) is 7.34. The van der Waals surface area contributed by atoms with Crippen molar-refractivity contribution in [1.82, 2.24) is 14.9 Å². The Balaban J connectivity index is 1.53. The molecule has 0 bridgehead atoms. The number of aryl methyl sites for hydroxylation is 1. The Hall–Kier alpha value is -3.41. The van der Waals surface area contributed by atoms with Crippen LogP contribution in [-0.2, 0) is 6.54 Å². The molecule has 0 spiro atoms. The van der Waals surface area contributed by atoms with Crippen molar-refractivity contribution in [3.8, 4) is 17.0 Å². The Bertz CT molecular complexity index is 992. The van der Waals surface area contributed by atoms with Gasteiger partial charge in [0.25, 0.3) is 5.91 Å². The first kappa shape index (κ1) is 18.9. The molecule has 4 rings (SSSR count). The van der Waals surface area contributed by atoms with Gasteiger partial charge >= 0.3 is 0 Å². The van der Waals surface area contributed by atoms with Crippen LogP contribution in [0.25, 0.3) is 11.3 Å². The minimum Gasteiger partial charge on any atom is -0.497 e. The number of benzene rings is 2. The molecule has 0 saturated heterocycles. The van der Waals surface area contributed by atoms with Crippen LogP contribution < -0.4 is 10.5 Å². The molecule has 0 aliphatic heterocycles. The third-order valence-corrected chi connectivity index (χ3v) is 5.06. The molecule has 1 amide bonds. The number of carbonyl (C=O) groups excluding carboxylic acids is 1. The number of anilines is 1. The number of aromatic nitrogens is 2. The van der Waals surface area contributed by atoms with Crippen LogP contribution in [0.2, 0.25) is 0 Å². The Kier molecular flexibility index (Phi) is 5.16. The van der Waals surface area contributed by atoms with Crippen LogP contribution in [0, 0.1) is 6.92 Å². The lowest BCUT2D eigenvalue weighted by molar-refractivity contribution is 0.0730.